The van der Waals surface area contributed by atoms with Crippen LogP contribution in [0, 0.1) is 0 Å². The number of hydrogen-bond donors (Lipinski definition) is 5. The normalized spacial score (nSPS) is 7.06. The zero-order valence-corrected chi connectivity index (χ0v) is 9.31. The van der Waals surface area contributed by atoms with Gasteiger partial charge >= 0.3 is 29.6 Å². The maximum absolute atomic E-state index is 8.57. The van der Waals surface area contributed by atoms with Crippen molar-refractivity contribution in [2.24, 2.45) is 5.73 Å². The Morgan fingerprint density at radius 3 is 1.88 bits per heavy atom. The van der Waals surface area contributed by atoms with E-state index in [9.17, 15) is 0 Å². The molecule has 0 aliphatic rings. The summed E-state index contributed by atoms with van der Waals surface area (Å²) < 4.78 is 0. The van der Waals surface area contributed by atoms with Gasteiger partial charge in [-0.2, -0.15) is 0 Å². The molecule has 1 aromatic carbocycles. The van der Waals surface area contributed by atoms with E-state index in [2.05, 4.69) is 41.0 Å². The van der Waals surface area contributed by atoms with Crippen molar-refractivity contribution in [2.75, 3.05) is 5.43 Å². The molecule has 5 nitrogen and oxygen atoms in total. The molecule has 0 aromatic heterocycles. The molecule has 1 aromatic rings. The first-order valence-corrected chi connectivity index (χ1v) is 4.62. The predicted molar refractivity (Wildman–Crippen MR) is 81.7 cm³/mol. The second kappa shape index (κ2) is 13.5. The quantitative estimate of drug-likeness (QED) is 0.317. The number of para-hydroxylation sites is 1. The third kappa shape index (κ3) is 18.0. The van der Waals surface area contributed by atoms with Crippen molar-refractivity contribution in [3.63, 3.8) is 0 Å². The van der Waals surface area contributed by atoms with Gasteiger partial charge < -0.3 is 15.9 Å². The van der Waals surface area contributed by atoms with Crippen LogP contribution in [-0.2, 0) is 0 Å². The predicted octanol–water partition coefficient (Wildman–Crippen LogP) is 1.22. The van der Waals surface area contributed by atoms with Gasteiger partial charge in [0.15, 0.2) is 0 Å². The Bertz CT molecular complexity index is 321. The fourth-order valence-corrected chi connectivity index (χ4v) is 0.698. The van der Waals surface area contributed by atoms with Gasteiger partial charge in [-0.1, -0.05) is 25.6 Å². The molecule has 8 heteroatoms. The van der Waals surface area contributed by atoms with Crippen LogP contribution in [-0.4, -0.2) is 50.1 Å². The van der Waals surface area contributed by atoms with E-state index in [4.69, 9.17) is 10.2 Å². The van der Waals surface area contributed by atoms with Crippen molar-refractivity contribution < 1.29 is 10.2 Å². The number of aliphatic hydroxyl groups is 2. The Labute approximate surface area is 134 Å². The van der Waals surface area contributed by atoms with E-state index in [0.29, 0.717) is 0 Å². The Kier molecular flexibility index (Phi) is 17.2. The number of nitrogens with one attached hydrogen (secondary N) is 2. The molecule has 0 spiro atoms. The number of rotatable bonds is 2. The molecule has 0 amide bonds. The minimum absolute atomic E-state index is 0. The molecule has 0 aliphatic carbocycles. The Hall–Kier alpha value is -0.600. The monoisotopic (exact) mass is 285 g/mol. The van der Waals surface area contributed by atoms with Crippen molar-refractivity contribution in [1.82, 2.24) is 5.43 Å². The van der Waals surface area contributed by atoms with Crippen LogP contribution in [0.15, 0.2) is 30.3 Å². The number of nitrogens with two attached hydrogens (primary N) is 1. The second-order valence-electron chi connectivity index (χ2n) is 2.26. The molecule has 0 heterocycles. The number of aliphatic hydroxyl groups excluding tert-OH is 2. The summed E-state index contributed by atoms with van der Waals surface area (Å²) in [7, 11) is 0. The molecule has 0 saturated heterocycles. The molecule has 0 unspecified atom stereocenters. The molecule has 6 N–H and O–H groups in total. The minimum atomic E-state index is -0.500. The molecule has 0 saturated carbocycles. The van der Waals surface area contributed by atoms with Crippen molar-refractivity contribution in [3.05, 3.63) is 30.3 Å². The zero-order chi connectivity index (χ0) is 11.7. The van der Waals surface area contributed by atoms with Crippen molar-refractivity contribution in [1.29, 1.82) is 0 Å². The van der Waals surface area contributed by atoms with Gasteiger partial charge in [0, 0.05) is 0 Å². The Morgan fingerprint density at radius 2 is 1.53 bits per heavy atom. The Morgan fingerprint density at radius 1 is 1.12 bits per heavy atom. The number of thiocarbonyl (C=S) groups is 2. The molecule has 0 fully saturated rings. The van der Waals surface area contributed by atoms with Gasteiger partial charge in [-0.25, -0.2) is 0 Å². The first kappa shape index (κ1) is 21.7. The fraction of sp³-hybridized carbons (Fsp3) is 0.111. The van der Waals surface area contributed by atoms with Gasteiger partial charge in [0.05, 0.1) is 5.69 Å². The number of anilines is 1. The van der Waals surface area contributed by atoms with Gasteiger partial charge in [0.2, 0.25) is 0 Å². The Balaban J connectivity index is -0.000000289. The van der Waals surface area contributed by atoms with E-state index in [-0.39, 0.29) is 42.2 Å². The van der Waals surface area contributed by atoms with Crippen LogP contribution in [0.3, 0.4) is 0 Å². The summed E-state index contributed by atoms with van der Waals surface area (Å²) in [5, 5.41) is 15.4. The summed E-state index contributed by atoms with van der Waals surface area (Å²) in [5.74, 6) is 0. The van der Waals surface area contributed by atoms with E-state index < -0.39 is 5.17 Å². The molecule has 92 valence electrons. The number of hydrazine groups is 1. The molecule has 0 atom stereocenters. The zero-order valence-electron chi connectivity index (χ0n) is 7.68. The fourth-order valence-electron chi connectivity index (χ4n) is 0.647. The summed E-state index contributed by atoms with van der Waals surface area (Å²) in [6.07, 6.45) is 0. The van der Waals surface area contributed by atoms with E-state index in [0.717, 1.165) is 5.69 Å². The van der Waals surface area contributed by atoms with Crippen LogP contribution in [0.1, 0.15) is 7.43 Å². The average Bonchev–Trinajstić information content (AvgIpc) is 2.15. The van der Waals surface area contributed by atoms with Crippen LogP contribution in [0.2, 0.25) is 0 Å². The van der Waals surface area contributed by atoms with E-state index in [1.54, 1.807) is 0 Å². The molecule has 0 aliphatic heterocycles. The maximum atomic E-state index is 8.57. The van der Waals surface area contributed by atoms with Crippen LogP contribution in [0.4, 0.5) is 5.69 Å². The van der Waals surface area contributed by atoms with Crippen LogP contribution in [0.25, 0.3) is 0 Å². The molecule has 0 bridgehead atoms. The summed E-state index contributed by atoms with van der Waals surface area (Å²) in [6, 6.07) is 9.37. The van der Waals surface area contributed by atoms with Crippen LogP contribution >= 0.6 is 24.4 Å². The first-order valence-electron chi connectivity index (χ1n) is 3.80. The topological polar surface area (TPSA) is 90.5 Å². The number of hydrogen-bond acceptors (Lipinski definition) is 3. The summed E-state index contributed by atoms with van der Waals surface area (Å²) >= 11 is 8.25. The third-order valence-electron chi connectivity index (χ3n) is 1.09. The number of benzene rings is 1. The van der Waals surface area contributed by atoms with Crippen molar-refractivity contribution in [2.45, 2.75) is 7.43 Å². The van der Waals surface area contributed by atoms with Gasteiger partial charge in [-0.15, -0.1) is 0 Å². The van der Waals surface area contributed by atoms with Crippen molar-refractivity contribution in [3.8, 4) is 0 Å². The summed E-state index contributed by atoms with van der Waals surface area (Å²) in [6.45, 7) is 0. The first-order chi connectivity index (χ1) is 7.02. The molecule has 1 rings (SSSR count). The third-order valence-corrected chi connectivity index (χ3v) is 1.19. The van der Waals surface area contributed by atoms with Gasteiger partial charge in [0.25, 0.3) is 10.3 Å². The van der Waals surface area contributed by atoms with Gasteiger partial charge in [0.1, 0.15) is 0 Å². The van der Waals surface area contributed by atoms with Gasteiger partial charge in [-0.3, -0.25) is 10.9 Å². The van der Waals surface area contributed by atoms with Gasteiger partial charge in [-0.05, 0) is 36.6 Å². The average molecular weight is 285 g/mol. The molecule has 0 radical (unpaired) electrons. The summed E-state index contributed by atoms with van der Waals surface area (Å²) in [4.78, 5) is 0. The van der Waals surface area contributed by atoms with E-state index in [1.165, 1.54) is 0 Å². The van der Waals surface area contributed by atoms with Crippen LogP contribution in [0.5, 0.6) is 0 Å². The van der Waals surface area contributed by atoms with E-state index in [1.807, 2.05) is 30.3 Å². The molecular formula is C9H16N3NaO2S2. The SMILES string of the molecule is C.NC(O)=S.OC(=S)NNc1ccccc1.[NaH]. The van der Waals surface area contributed by atoms with Crippen LogP contribution < -0.4 is 16.6 Å². The van der Waals surface area contributed by atoms with E-state index >= 15 is 0 Å². The van der Waals surface area contributed by atoms with Crippen molar-refractivity contribution >= 4 is 70.0 Å². The summed E-state index contributed by atoms with van der Waals surface area (Å²) in [5.41, 5.74) is 10.4. The molecular weight excluding hydrogens is 269 g/mol. The standard InChI is InChI=1S/C7H8N2OS.CH3NOS.CH4.Na.H/c10-7(11)9-8-6-4-2-1-3-5-6;2-1(3)4;;;/h1-5,8H,(H2,9,10,11);(H3,2,3,4);1H4;;. The molecule has 17 heavy (non-hydrogen) atoms. The second-order valence-corrected chi connectivity index (χ2v) is 3.06.